The molecule has 0 unspecified atom stereocenters. The number of halogens is 1. The Kier molecular flexibility index (Phi) is 6.16. The number of ether oxygens (including phenoxy) is 1. The number of quaternary nitrogens is 1. The Morgan fingerprint density at radius 1 is 1.07 bits per heavy atom. The number of rotatable bonds is 5. The van der Waals surface area contributed by atoms with Gasteiger partial charge in [0, 0.05) is 10.6 Å². The SMILES string of the molecule is COC(=O)c1ccc(C[NH+]2CCN(S(=O)(=O)c3ccc(Cl)cc3)CC2)cc1. The zero-order valence-electron chi connectivity index (χ0n) is 15.0. The molecule has 2 aromatic carbocycles. The Labute approximate surface area is 164 Å². The minimum Gasteiger partial charge on any atom is -0.465 e. The number of esters is 1. The van der Waals surface area contributed by atoms with Gasteiger partial charge in [-0.2, -0.15) is 4.31 Å². The standard InChI is InChI=1S/C19H21ClN2O4S/c1-26-19(23)16-4-2-15(3-5-16)14-21-10-12-22(13-11-21)27(24,25)18-8-6-17(20)7-9-18/h2-9H,10-14H2,1H3/p+1. The van der Waals surface area contributed by atoms with Gasteiger partial charge in [0.05, 0.1) is 43.7 Å². The summed E-state index contributed by atoms with van der Waals surface area (Å²) in [6, 6.07) is 13.6. The second-order valence-corrected chi connectivity index (χ2v) is 8.85. The maximum atomic E-state index is 12.7. The minimum atomic E-state index is -3.48. The lowest BCUT2D eigenvalue weighted by Gasteiger charge is -2.31. The van der Waals surface area contributed by atoms with Crippen molar-refractivity contribution in [1.82, 2.24) is 4.31 Å². The molecule has 6 nitrogen and oxygen atoms in total. The Morgan fingerprint density at radius 3 is 2.22 bits per heavy atom. The van der Waals surface area contributed by atoms with E-state index in [4.69, 9.17) is 16.3 Å². The van der Waals surface area contributed by atoms with Crippen LogP contribution in [0.2, 0.25) is 5.02 Å². The van der Waals surface area contributed by atoms with Crippen molar-refractivity contribution in [2.75, 3.05) is 33.3 Å². The summed E-state index contributed by atoms with van der Waals surface area (Å²) in [6.45, 7) is 3.19. The summed E-state index contributed by atoms with van der Waals surface area (Å²) in [7, 11) is -2.12. The molecule has 0 saturated carbocycles. The molecule has 2 aromatic rings. The Bertz CT molecular complexity index is 890. The van der Waals surface area contributed by atoms with Crippen LogP contribution in [0.15, 0.2) is 53.4 Å². The number of carbonyl (C=O) groups excluding carboxylic acids is 1. The summed E-state index contributed by atoms with van der Waals surface area (Å²) < 4.78 is 31.7. The second-order valence-electron chi connectivity index (χ2n) is 6.47. The van der Waals surface area contributed by atoms with E-state index < -0.39 is 10.0 Å². The topological polar surface area (TPSA) is 68.1 Å². The second kappa shape index (κ2) is 8.39. The highest BCUT2D eigenvalue weighted by Crippen LogP contribution is 2.18. The molecule has 0 aromatic heterocycles. The molecule has 27 heavy (non-hydrogen) atoms. The zero-order valence-corrected chi connectivity index (χ0v) is 16.6. The summed E-state index contributed by atoms with van der Waals surface area (Å²) in [6.07, 6.45) is 0. The Hall–Kier alpha value is -1.93. The maximum Gasteiger partial charge on any atom is 0.337 e. The third kappa shape index (κ3) is 4.68. The molecule has 0 amide bonds. The van der Waals surface area contributed by atoms with Crippen LogP contribution in [0.1, 0.15) is 15.9 Å². The van der Waals surface area contributed by atoms with Gasteiger partial charge in [-0.15, -0.1) is 0 Å². The molecule has 1 aliphatic heterocycles. The summed E-state index contributed by atoms with van der Waals surface area (Å²) in [5.41, 5.74) is 1.63. The van der Waals surface area contributed by atoms with Crippen LogP contribution < -0.4 is 4.90 Å². The van der Waals surface area contributed by atoms with Crippen molar-refractivity contribution in [2.45, 2.75) is 11.4 Å². The van der Waals surface area contributed by atoms with Crippen molar-refractivity contribution in [3.05, 3.63) is 64.7 Å². The van der Waals surface area contributed by atoms with E-state index in [0.29, 0.717) is 23.7 Å². The largest absolute Gasteiger partial charge is 0.465 e. The number of carbonyl (C=O) groups is 1. The molecule has 0 bridgehead atoms. The Balaban J connectivity index is 1.58. The fraction of sp³-hybridized carbons (Fsp3) is 0.316. The molecule has 8 heteroatoms. The molecule has 0 spiro atoms. The maximum absolute atomic E-state index is 12.7. The van der Waals surface area contributed by atoms with Gasteiger partial charge in [0.25, 0.3) is 0 Å². The average Bonchev–Trinajstić information content (AvgIpc) is 2.69. The van der Waals surface area contributed by atoms with Gasteiger partial charge in [0.2, 0.25) is 10.0 Å². The molecule has 1 fully saturated rings. The van der Waals surface area contributed by atoms with E-state index in [9.17, 15) is 13.2 Å². The van der Waals surface area contributed by atoms with E-state index in [1.54, 1.807) is 36.4 Å². The van der Waals surface area contributed by atoms with E-state index in [1.165, 1.54) is 16.3 Å². The van der Waals surface area contributed by atoms with Crippen molar-refractivity contribution in [2.24, 2.45) is 0 Å². The van der Waals surface area contributed by atoms with Gasteiger partial charge >= 0.3 is 5.97 Å². The summed E-state index contributed by atoms with van der Waals surface area (Å²) in [4.78, 5) is 13.1. The van der Waals surface area contributed by atoms with Gasteiger partial charge in [-0.3, -0.25) is 0 Å². The fourth-order valence-corrected chi connectivity index (χ4v) is 4.71. The molecule has 144 valence electrons. The fourth-order valence-electron chi connectivity index (χ4n) is 3.14. The molecule has 1 saturated heterocycles. The number of hydrogen-bond acceptors (Lipinski definition) is 4. The van der Waals surface area contributed by atoms with Crippen molar-refractivity contribution in [1.29, 1.82) is 0 Å². The number of benzene rings is 2. The van der Waals surface area contributed by atoms with Gasteiger partial charge < -0.3 is 9.64 Å². The van der Waals surface area contributed by atoms with E-state index in [2.05, 4.69) is 0 Å². The lowest BCUT2D eigenvalue weighted by Crippen LogP contribution is -3.13. The van der Waals surface area contributed by atoms with E-state index >= 15 is 0 Å². The third-order valence-corrected chi connectivity index (χ3v) is 6.87. The smallest absolute Gasteiger partial charge is 0.337 e. The predicted molar refractivity (Wildman–Crippen MR) is 102 cm³/mol. The summed E-state index contributed by atoms with van der Waals surface area (Å²) >= 11 is 5.84. The lowest BCUT2D eigenvalue weighted by atomic mass is 10.1. The van der Waals surface area contributed by atoms with Crippen molar-refractivity contribution < 1.29 is 22.8 Å². The molecule has 3 rings (SSSR count). The highest BCUT2D eigenvalue weighted by Gasteiger charge is 2.30. The highest BCUT2D eigenvalue weighted by molar-refractivity contribution is 7.89. The van der Waals surface area contributed by atoms with Crippen LogP contribution in [-0.2, 0) is 21.3 Å². The first-order valence-corrected chi connectivity index (χ1v) is 10.5. The molecule has 1 aliphatic rings. The van der Waals surface area contributed by atoms with Crippen LogP contribution in [0.5, 0.6) is 0 Å². The Morgan fingerprint density at radius 2 is 1.67 bits per heavy atom. The molecule has 0 radical (unpaired) electrons. The van der Waals surface area contributed by atoms with Crippen LogP contribution >= 0.6 is 11.6 Å². The first-order valence-electron chi connectivity index (χ1n) is 8.66. The molecular formula is C19H22ClN2O4S+. The summed E-state index contributed by atoms with van der Waals surface area (Å²) in [5.74, 6) is -0.352. The van der Waals surface area contributed by atoms with Crippen LogP contribution in [0, 0.1) is 0 Å². The number of nitrogens with one attached hydrogen (secondary N) is 1. The van der Waals surface area contributed by atoms with Gasteiger partial charge in [0.1, 0.15) is 6.54 Å². The number of methoxy groups -OCH3 is 1. The quantitative estimate of drug-likeness (QED) is 0.754. The number of nitrogens with zero attached hydrogens (tertiary/aromatic N) is 1. The van der Waals surface area contributed by atoms with Crippen LogP contribution in [0.3, 0.4) is 0 Å². The van der Waals surface area contributed by atoms with Crippen LogP contribution in [0.25, 0.3) is 0 Å². The van der Waals surface area contributed by atoms with Crippen LogP contribution in [0.4, 0.5) is 0 Å². The van der Waals surface area contributed by atoms with E-state index in [-0.39, 0.29) is 10.9 Å². The van der Waals surface area contributed by atoms with Crippen LogP contribution in [-0.4, -0.2) is 52.0 Å². The first-order chi connectivity index (χ1) is 12.9. The van der Waals surface area contributed by atoms with Gasteiger partial charge in [-0.05, 0) is 36.4 Å². The normalized spacial score (nSPS) is 16.2. The monoisotopic (exact) mass is 409 g/mol. The third-order valence-electron chi connectivity index (χ3n) is 4.71. The van der Waals surface area contributed by atoms with Crippen molar-refractivity contribution >= 4 is 27.6 Å². The molecule has 0 atom stereocenters. The summed E-state index contributed by atoms with van der Waals surface area (Å²) in [5, 5.41) is 0.515. The molecule has 1 heterocycles. The average molecular weight is 410 g/mol. The van der Waals surface area contributed by atoms with Gasteiger partial charge in [-0.25, -0.2) is 13.2 Å². The lowest BCUT2D eigenvalue weighted by molar-refractivity contribution is -0.917. The van der Waals surface area contributed by atoms with Gasteiger partial charge in [0.15, 0.2) is 0 Å². The number of sulfonamides is 1. The van der Waals surface area contributed by atoms with E-state index in [1.807, 2.05) is 12.1 Å². The van der Waals surface area contributed by atoms with Crippen molar-refractivity contribution in [3.63, 3.8) is 0 Å². The van der Waals surface area contributed by atoms with Gasteiger partial charge in [-0.1, -0.05) is 23.7 Å². The molecular weight excluding hydrogens is 388 g/mol. The number of hydrogen-bond donors (Lipinski definition) is 1. The predicted octanol–water partition coefficient (Wildman–Crippen LogP) is 1.22. The molecule has 0 aliphatic carbocycles. The zero-order chi connectivity index (χ0) is 19.4. The van der Waals surface area contributed by atoms with E-state index in [0.717, 1.165) is 25.2 Å². The highest BCUT2D eigenvalue weighted by atomic mass is 35.5. The molecule has 1 N–H and O–H groups in total. The number of piperazine rings is 1. The minimum absolute atomic E-state index is 0.272. The first kappa shape index (κ1) is 19.8. The van der Waals surface area contributed by atoms with Crippen molar-refractivity contribution in [3.8, 4) is 0 Å².